The van der Waals surface area contributed by atoms with Crippen molar-refractivity contribution in [2.45, 2.75) is 13.3 Å². The van der Waals surface area contributed by atoms with Crippen LogP contribution in [-0.2, 0) is 25.5 Å². The first kappa shape index (κ1) is 20.6. The zero-order chi connectivity index (χ0) is 19.1. The molecule has 0 bridgehead atoms. The average molecular weight is 417 g/mol. The molecule has 1 aliphatic rings. The van der Waals surface area contributed by atoms with Gasteiger partial charge < -0.3 is 10.1 Å². The third-order valence-electron chi connectivity index (χ3n) is 3.47. The number of esters is 1. The Bertz CT molecular complexity index is 739. The molecule has 2 rings (SSSR count). The SMILES string of the molecule is CCOC(=O)/C=C1\SCC(=O)N1CC(=O)NCCc1ccc(Cl)cc1Cl. The van der Waals surface area contributed by atoms with Gasteiger partial charge in [0, 0.05) is 16.6 Å². The van der Waals surface area contributed by atoms with Crippen LogP contribution in [-0.4, -0.2) is 48.1 Å². The van der Waals surface area contributed by atoms with Crippen molar-refractivity contribution in [2.75, 3.05) is 25.4 Å². The number of hydrogen-bond acceptors (Lipinski definition) is 5. The van der Waals surface area contributed by atoms with E-state index in [1.165, 1.54) is 22.7 Å². The van der Waals surface area contributed by atoms with Crippen LogP contribution < -0.4 is 5.32 Å². The van der Waals surface area contributed by atoms with Gasteiger partial charge in [-0.1, -0.05) is 41.0 Å². The van der Waals surface area contributed by atoms with Crippen molar-refractivity contribution < 1.29 is 19.1 Å². The standard InChI is InChI=1S/C17H18Cl2N2O4S/c1-2-25-17(24)8-16-21(15(23)10-26-16)9-14(22)20-6-5-11-3-4-12(18)7-13(11)19/h3-4,7-8H,2,5-6,9-10H2,1H3,(H,20,22)/b16-8-. The van der Waals surface area contributed by atoms with Crippen molar-refractivity contribution in [2.24, 2.45) is 0 Å². The van der Waals surface area contributed by atoms with Crippen molar-refractivity contribution in [3.63, 3.8) is 0 Å². The molecule has 1 saturated heterocycles. The summed E-state index contributed by atoms with van der Waals surface area (Å²) in [5, 5.41) is 4.25. The van der Waals surface area contributed by atoms with Crippen molar-refractivity contribution in [3.8, 4) is 0 Å². The minimum atomic E-state index is -0.535. The topological polar surface area (TPSA) is 75.7 Å². The lowest BCUT2D eigenvalue weighted by Gasteiger charge is -2.16. The molecule has 140 valence electrons. The fraction of sp³-hybridized carbons (Fsp3) is 0.353. The van der Waals surface area contributed by atoms with Crippen molar-refractivity contribution in [3.05, 3.63) is 44.9 Å². The summed E-state index contributed by atoms with van der Waals surface area (Å²) < 4.78 is 4.84. The Kier molecular flexibility index (Phi) is 7.81. The number of nitrogens with one attached hydrogen (secondary N) is 1. The van der Waals surface area contributed by atoms with Gasteiger partial charge in [0.15, 0.2) is 0 Å². The highest BCUT2D eigenvalue weighted by atomic mass is 35.5. The summed E-state index contributed by atoms with van der Waals surface area (Å²) >= 11 is 13.1. The van der Waals surface area contributed by atoms with Gasteiger partial charge in [-0.2, -0.15) is 0 Å². The van der Waals surface area contributed by atoms with Gasteiger partial charge in [0.1, 0.15) is 6.54 Å². The second kappa shape index (κ2) is 9.85. The fourth-order valence-corrected chi connectivity index (χ4v) is 3.68. The van der Waals surface area contributed by atoms with Gasteiger partial charge in [0.05, 0.1) is 23.5 Å². The van der Waals surface area contributed by atoms with E-state index in [-0.39, 0.29) is 30.7 Å². The van der Waals surface area contributed by atoms with E-state index in [0.29, 0.717) is 28.0 Å². The van der Waals surface area contributed by atoms with Crippen molar-refractivity contribution >= 4 is 52.7 Å². The van der Waals surface area contributed by atoms with Gasteiger partial charge in [-0.25, -0.2) is 4.79 Å². The van der Waals surface area contributed by atoms with Crippen LogP contribution in [0.25, 0.3) is 0 Å². The molecule has 0 unspecified atom stereocenters. The normalized spacial score (nSPS) is 15.4. The first-order chi connectivity index (χ1) is 12.4. The van der Waals surface area contributed by atoms with E-state index in [4.69, 9.17) is 27.9 Å². The summed E-state index contributed by atoms with van der Waals surface area (Å²) in [5.74, 6) is -0.881. The number of rotatable bonds is 7. The maximum absolute atomic E-state index is 12.1. The quantitative estimate of drug-likeness (QED) is 0.545. The van der Waals surface area contributed by atoms with Crippen LogP contribution in [0.3, 0.4) is 0 Å². The predicted molar refractivity (Wildman–Crippen MR) is 102 cm³/mol. The highest BCUT2D eigenvalue weighted by molar-refractivity contribution is 8.04. The summed E-state index contributed by atoms with van der Waals surface area (Å²) in [6.45, 7) is 2.16. The molecule has 0 radical (unpaired) electrons. The average Bonchev–Trinajstić information content (AvgIpc) is 2.90. The van der Waals surface area contributed by atoms with Crippen LogP contribution >= 0.6 is 35.0 Å². The number of thioether (sulfide) groups is 1. The summed E-state index contributed by atoms with van der Waals surface area (Å²) in [7, 11) is 0. The Morgan fingerprint density at radius 2 is 2.15 bits per heavy atom. The van der Waals surface area contributed by atoms with Crippen molar-refractivity contribution in [1.29, 1.82) is 0 Å². The van der Waals surface area contributed by atoms with E-state index in [1.54, 1.807) is 25.1 Å². The second-order valence-electron chi connectivity index (χ2n) is 5.34. The second-order valence-corrected chi connectivity index (χ2v) is 7.18. The van der Waals surface area contributed by atoms with E-state index < -0.39 is 5.97 Å². The molecule has 0 spiro atoms. The minimum Gasteiger partial charge on any atom is -0.463 e. The maximum atomic E-state index is 12.1. The molecular weight excluding hydrogens is 399 g/mol. The van der Waals surface area contributed by atoms with Gasteiger partial charge in [0.25, 0.3) is 0 Å². The Balaban J connectivity index is 1.87. The van der Waals surface area contributed by atoms with Crippen LogP contribution in [0.2, 0.25) is 10.0 Å². The van der Waals surface area contributed by atoms with E-state index >= 15 is 0 Å². The molecule has 0 saturated carbocycles. The fourth-order valence-electron chi connectivity index (χ4n) is 2.25. The van der Waals surface area contributed by atoms with E-state index in [2.05, 4.69) is 5.32 Å². The van der Waals surface area contributed by atoms with E-state index in [0.717, 1.165) is 5.56 Å². The molecule has 1 aromatic rings. The molecule has 0 aliphatic carbocycles. The molecule has 1 aromatic carbocycles. The van der Waals surface area contributed by atoms with Gasteiger partial charge in [-0.3, -0.25) is 14.5 Å². The zero-order valence-corrected chi connectivity index (χ0v) is 16.4. The number of nitrogens with zero attached hydrogens (tertiary/aromatic N) is 1. The van der Waals surface area contributed by atoms with Crippen LogP contribution in [0.15, 0.2) is 29.3 Å². The Labute approximate surface area is 165 Å². The first-order valence-electron chi connectivity index (χ1n) is 7.93. The number of halogens is 2. The van der Waals surface area contributed by atoms with Gasteiger partial charge >= 0.3 is 5.97 Å². The first-order valence-corrected chi connectivity index (χ1v) is 9.67. The summed E-state index contributed by atoms with van der Waals surface area (Å²) in [4.78, 5) is 36.9. The number of ether oxygens (including phenoxy) is 1. The molecule has 6 nitrogen and oxygen atoms in total. The minimum absolute atomic E-state index is 0.147. The molecule has 0 atom stereocenters. The van der Waals surface area contributed by atoms with Gasteiger partial charge in [-0.15, -0.1) is 0 Å². The van der Waals surface area contributed by atoms with Gasteiger partial charge in [0.2, 0.25) is 11.8 Å². The van der Waals surface area contributed by atoms with Crippen molar-refractivity contribution in [1.82, 2.24) is 10.2 Å². The van der Waals surface area contributed by atoms with Gasteiger partial charge in [-0.05, 0) is 31.0 Å². The summed E-state index contributed by atoms with van der Waals surface area (Å²) in [5.41, 5.74) is 0.868. The lowest BCUT2D eigenvalue weighted by Crippen LogP contribution is -2.38. The molecule has 0 aromatic heterocycles. The smallest absolute Gasteiger partial charge is 0.333 e. The number of hydrogen-bond donors (Lipinski definition) is 1. The maximum Gasteiger partial charge on any atom is 0.333 e. The van der Waals surface area contributed by atoms with Crippen LogP contribution in [0.1, 0.15) is 12.5 Å². The van der Waals surface area contributed by atoms with E-state index in [9.17, 15) is 14.4 Å². The molecule has 1 N–H and O–H groups in total. The van der Waals surface area contributed by atoms with Crippen LogP contribution in [0, 0.1) is 0 Å². The highest BCUT2D eigenvalue weighted by Gasteiger charge is 2.29. The van der Waals surface area contributed by atoms with Crippen LogP contribution in [0.4, 0.5) is 0 Å². The number of amides is 2. The largest absolute Gasteiger partial charge is 0.463 e. The molecular formula is C17H18Cl2N2O4S. The third kappa shape index (κ3) is 5.93. The highest BCUT2D eigenvalue weighted by Crippen LogP contribution is 2.28. The van der Waals surface area contributed by atoms with Crippen LogP contribution in [0.5, 0.6) is 0 Å². The van der Waals surface area contributed by atoms with E-state index in [1.807, 2.05) is 0 Å². The lowest BCUT2D eigenvalue weighted by molar-refractivity contribution is -0.137. The molecule has 1 aliphatic heterocycles. The number of carbonyl (C=O) groups excluding carboxylic acids is 3. The Morgan fingerprint density at radius 1 is 1.38 bits per heavy atom. The monoisotopic (exact) mass is 416 g/mol. The number of benzene rings is 1. The summed E-state index contributed by atoms with van der Waals surface area (Å²) in [6.07, 6.45) is 1.77. The number of carbonyl (C=O) groups is 3. The molecule has 26 heavy (non-hydrogen) atoms. The molecule has 1 heterocycles. The molecule has 2 amide bonds. The predicted octanol–water partition coefficient (Wildman–Crippen LogP) is 2.63. The molecule has 1 fully saturated rings. The molecule has 9 heteroatoms. The Hall–Kier alpha value is -1.70. The summed E-state index contributed by atoms with van der Waals surface area (Å²) in [6, 6.07) is 5.18. The lowest BCUT2D eigenvalue weighted by atomic mass is 10.1. The zero-order valence-electron chi connectivity index (χ0n) is 14.1. The third-order valence-corrected chi connectivity index (χ3v) is 5.08. The Morgan fingerprint density at radius 3 is 2.85 bits per heavy atom.